The zero-order valence-corrected chi connectivity index (χ0v) is 16.7. The van der Waals surface area contributed by atoms with E-state index in [1.165, 1.54) is 5.56 Å². The number of carbonyl (C=O) groups is 1. The van der Waals surface area contributed by atoms with E-state index in [0.717, 1.165) is 31.6 Å². The number of rotatable bonds is 7. The van der Waals surface area contributed by atoms with Gasteiger partial charge in [0, 0.05) is 43.4 Å². The third kappa shape index (κ3) is 4.98. The van der Waals surface area contributed by atoms with Crippen molar-refractivity contribution in [2.75, 3.05) is 13.2 Å². The minimum absolute atomic E-state index is 0.0505. The van der Waals surface area contributed by atoms with Gasteiger partial charge in [0.2, 0.25) is 5.91 Å². The molecule has 1 aliphatic heterocycles. The number of carbonyl (C=O) groups excluding carboxylic acids is 1. The smallest absolute Gasteiger partial charge is 0.221 e. The van der Waals surface area contributed by atoms with Crippen LogP contribution >= 0.6 is 0 Å². The van der Waals surface area contributed by atoms with E-state index in [1.54, 1.807) is 6.20 Å². The number of aryl methyl sites for hydroxylation is 2. The van der Waals surface area contributed by atoms with Gasteiger partial charge in [0.1, 0.15) is 0 Å². The molecule has 1 amide bonds. The summed E-state index contributed by atoms with van der Waals surface area (Å²) in [4.78, 5) is 12.3. The second-order valence-electron chi connectivity index (χ2n) is 8.23. The molecule has 0 bridgehead atoms. The Hall–Kier alpha value is -2.14. The first kappa shape index (κ1) is 19.6. The molecule has 5 heteroatoms. The van der Waals surface area contributed by atoms with Gasteiger partial charge in [-0.3, -0.25) is 9.48 Å². The van der Waals surface area contributed by atoms with E-state index in [-0.39, 0.29) is 16.9 Å². The van der Waals surface area contributed by atoms with Gasteiger partial charge in [-0.05, 0) is 51.7 Å². The van der Waals surface area contributed by atoms with E-state index in [9.17, 15) is 4.79 Å². The Labute approximate surface area is 162 Å². The van der Waals surface area contributed by atoms with Crippen molar-refractivity contribution < 1.29 is 9.53 Å². The molecular weight excluding hydrogens is 338 g/mol. The van der Waals surface area contributed by atoms with Crippen LogP contribution in [-0.4, -0.2) is 34.4 Å². The third-order valence-corrected chi connectivity index (χ3v) is 5.63. The summed E-state index contributed by atoms with van der Waals surface area (Å²) in [7, 11) is 0. The summed E-state index contributed by atoms with van der Waals surface area (Å²) >= 11 is 0. The van der Waals surface area contributed by atoms with Crippen molar-refractivity contribution in [2.24, 2.45) is 0 Å². The maximum Gasteiger partial charge on any atom is 0.221 e. The van der Waals surface area contributed by atoms with Gasteiger partial charge >= 0.3 is 0 Å². The summed E-state index contributed by atoms with van der Waals surface area (Å²) in [5, 5.41) is 7.34. The second-order valence-corrected chi connectivity index (χ2v) is 8.23. The van der Waals surface area contributed by atoms with E-state index in [1.807, 2.05) is 17.7 Å². The van der Waals surface area contributed by atoms with E-state index in [4.69, 9.17) is 4.74 Å². The first-order valence-electron chi connectivity index (χ1n) is 9.85. The molecule has 27 heavy (non-hydrogen) atoms. The Bertz CT molecular complexity index is 754. The van der Waals surface area contributed by atoms with E-state index in [2.05, 4.69) is 54.6 Å². The molecule has 0 radical (unpaired) electrons. The summed E-state index contributed by atoms with van der Waals surface area (Å²) in [6.45, 7) is 8.39. The Balaban J connectivity index is 1.58. The van der Waals surface area contributed by atoms with E-state index < -0.39 is 0 Å². The maximum atomic E-state index is 12.3. The van der Waals surface area contributed by atoms with Crippen LogP contribution in [0.25, 0.3) is 0 Å². The molecule has 1 fully saturated rings. The van der Waals surface area contributed by atoms with Crippen molar-refractivity contribution in [3.05, 3.63) is 53.9 Å². The summed E-state index contributed by atoms with van der Waals surface area (Å²) in [6.07, 6.45) is 5.10. The minimum Gasteiger partial charge on any atom is -0.376 e. The maximum absolute atomic E-state index is 12.3. The van der Waals surface area contributed by atoms with Gasteiger partial charge in [0.25, 0.3) is 0 Å². The Morgan fingerprint density at radius 3 is 2.70 bits per heavy atom. The zero-order chi connectivity index (χ0) is 19.3. The standard InChI is InChI=1S/C22H31N3O2/c1-18-9-13-24-25(18)15-10-20(26)23-14-11-22(19-7-5-4-6-8-19)12-16-27-21(2,3)17-22/h4-9,13H,10-12,14-17H2,1-3H3,(H,23,26)/t22-/m0/s1. The van der Waals surface area contributed by atoms with Crippen LogP contribution in [0.15, 0.2) is 42.6 Å². The molecule has 2 aromatic rings. The minimum atomic E-state index is -0.143. The molecule has 1 aromatic carbocycles. The van der Waals surface area contributed by atoms with Gasteiger partial charge in [0.05, 0.1) is 5.60 Å². The zero-order valence-electron chi connectivity index (χ0n) is 16.7. The molecule has 5 nitrogen and oxygen atoms in total. The van der Waals surface area contributed by atoms with Crippen LogP contribution < -0.4 is 5.32 Å². The summed E-state index contributed by atoms with van der Waals surface area (Å²) in [5.74, 6) is 0.0828. The summed E-state index contributed by atoms with van der Waals surface area (Å²) in [6, 6.07) is 12.6. The lowest BCUT2D eigenvalue weighted by atomic mass is 9.67. The van der Waals surface area contributed by atoms with Crippen molar-refractivity contribution in [3.63, 3.8) is 0 Å². The summed E-state index contributed by atoms with van der Waals surface area (Å²) < 4.78 is 7.83. The summed E-state index contributed by atoms with van der Waals surface area (Å²) in [5.41, 5.74) is 2.34. The normalized spacial score (nSPS) is 21.7. The van der Waals surface area contributed by atoms with E-state index in [0.29, 0.717) is 19.5 Å². The van der Waals surface area contributed by atoms with Crippen LogP contribution in [-0.2, 0) is 21.5 Å². The number of hydrogen-bond donors (Lipinski definition) is 1. The predicted molar refractivity (Wildman–Crippen MR) is 107 cm³/mol. The molecule has 1 aromatic heterocycles. The van der Waals surface area contributed by atoms with Crippen molar-refractivity contribution >= 4 is 5.91 Å². The SMILES string of the molecule is Cc1ccnn1CCC(=O)NCC[C@]1(c2ccccc2)CCOC(C)(C)C1. The van der Waals surface area contributed by atoms with Crippen molar-refractivity contribution in [1.82, 2.24) is 15.1 Å². The van der Waals surface area contributed by atoms with Gasteiger partial charge < -0.3 is 10.1 Å². The van der Waals surface area contributed by atoms with Crippen LogP contribution in [0.3, 0.4) is 0 Å². The molecule has 0 spiro atoms. The quantitative estimate of drug-likeness (QED) is 0.811. The highest BCUT2D eigenvalue weighted by Crippen LogP contribution is 2.43. The van der Waals surface area contributed by atoms with Crippen LogP contribution in [0.4, 0.5) is 0 Å². The lowest BCUT2D eigenvalue weighted by Crippen LogP contribution is -2.45. The molecule has 2 heterocycles. The molecule has 146 valence electrons. The second kappa shape index (κ2) is 8.26. The molecule has 0 saturated carbocycles. The van der Waals surface area contributed by atoms with Gasteiger partial charge in [-0.15, -0.1) is 0 Å². The van der Waals surface area contributed by atoms with Crippen LogP contribution in [0, 0.1) is 6.92 Å². The number of hydrogen-bond acceptors (Lipinski definition) is 3. The molecular formula is C22H31N3O2. The van der Waals surface area contributed by atoms with Gasteiger partial charge in [-0.1, -0.05) is 30.3 Å². The average Bonchev–Trinajstić information content (AvgIpc) is 3.05. The Morgan fingerprint density at radius 2 is 2.04 bits per heavy atom. The molecule has 0 unspecified atom stereocenters. The highest BCUT2D eigenvalue weighted by molar-refractivity contribution is 5.75. The van der Waals surface area contributed by atoms with Crippen molar-refractivity contribution in [1.29, 1.82) is 0 Å². The highest BCUT2D eigenvalue weighted by Gasteiger charge is 2.41. The Morgan fingerprint density at radius 1 is 1.26 bits per heavy atom. The molecule has 0 aliphatic carbocycles. The lowest BCUT2D eigenvalue weighted by Gasteiger charge is -2.45. The Kier molecular flexibility index (Phi) is 6.00. The lowest BCUT2D eigenvalue weighted by molar-refractivity contribution is -0.121. The number of ether oxygens (including phenoxy) is 1. The van der Waals surface area contributed by atoms with Gasteiger partial charge in [0.15, 0.2) is 0 Å². The fraction of sp³-hybridized carbons (Fsp3) is 0.545. The fourth-order valence-electron chi connectivity index (χ4n) is 4.24. The predicted octanol–water partition coefficient (Wildman–Crippen LogP) is 3.61. The highest BCUT2D eigenvalue weighted by atomic mass is 16.5. The molecule has 1 atom stereocenters. The molecule has 1 saturated heterocycles. The number of amides is 1. The monoisotopic (exact) mass is 369 g/mol. The first-order chi connectivity index (χ1) is 12.9. The van der Waals surface area contributed by atoms with Gasteiger partial charge in [-0.25, -0.2) is 0 Å². The number of nitrogens with zero attached hydrogens (tertiary/aromatic N) is 2. The van der Waals surface area contributed by atoms with Crippen molar-refractivity contribution in [2.45, 2.75) is 64.0 Å². The van der Waals surface area contributed by atoms with Crippen LogP contribution in [0.5, 0.6) is 0 Å². The number of benzene rings is 1. The molecule has 1 N–H and O–H groups in total. The third-order valence-electron chi connectivity index (χ3n) is 5.63. The van der Waals surface area contributed by atoms with Crippen LogP contribution in [0.2, 0.25) is 0 Å². The average molecular weight is 370 g/mol. The largest absolute Gasteiger partial charge is 0.376 e. The molecule has 3 rings (SSSR count). The van der Waals surface area contributed by atoms with E-state index >= 15 is 0 Å². The first-order valence-corrected chi connectivity index (χ1v) is 9.85. The fourth-order valence-corrected chi connectivity index (χ4v) is 4.24. The molecule has 1 aliphatic rings. The number of nitrogens with one attached hydrogen (secondary N) is 1. The van der Waals surface area contributed by atoms with Crippen molar-refractivity contribution in [3.8, 4) is 0 Å². The van der Waals surface area contributed by atoms with Gasteiger partial charge in [-0.2, -0.15) is 5.10 Å². The van der Waals surface area contributed by atoms with Crippen LogP contribution in [0.1, 0.15) is 50.8 Å². The number of aromatic nitrogens is 2. The topological polar surface area (TPSA) is 56.2 Å².